The molecular weight excluding hydrogens is 504 g/mol. The minimum Gasteiger partial charge on any atom is -0.457 e. The molecule has 0 aliphatic rings. The molecule has 39 heavy (non-hydrogen) atoms. The van der Waals surface area contributed by atoms with Crippen molar-refractivity contribution in [3.8, 4) is 33.6 Å². The Bertz CT molecular complexity index is 1770. The van der Waals surface area contributed by atoms with E-state index in [1.165, 1.54) is 24.3 Å². The van der Waals surface area contributed by atoms with Gasteiger partial charge >= 0.3 is 6.09 Å². The highest BCUT2D eigenvalue weighted by Crippen LogP contribution is 2.31. The van der Waals surface area contributed by atoms with Gasteiger partial charge in [-0.25, -0.2) is 13.6 Å². The van der Waals surface area contributed by atoms with E-state index >= 15 is 0 Å². The molecule has 0 saturated carbocycles. The Morgan fingerprint density at radius 2 is 1.46 bits per heavy atom. The Morgan fingerprint density at radius 3 is 2.13 bits per heavy atom. The van der Waals surface area contributed by atoms with Crippen LogP contribution in [0.15, 0.2) is 95.4 Å². The lowest BCUT2D eigenvalue weighted by molar-refractivity contribution is 0.147. The number of furan rings is 1. The summed E-state index contributed by atoms with van der Waals surface area (Å²) in [6, 6.07) is 24.9. The molecule has 0 unspecified atom stereocenters. The van der Waals surface area contributed by atoms with E-state index in [0.717, 1.165) is 27.6 Å². The molecule has 0 aliphatic heterocycles. The van der Waals surface area contributed by atoms with Gasteiger partial charge in [0.2, 0.25) is 5.82 Å². The quantitative estimate of drug-likeness (QED) is 0.244. The van der Waals surface area contributed by atoms with Crippen LogP contribution in [0.4, 0.5) is 19.3 Å². The molecule has 0 saturated heterocycles. The molecule has 6 rings (SSSR count). The second kappa shape index (κ2) is 10.2. The number of nitrogens with one attached hydrogen (secondary N) is 2. The van der Waals surface area contributed by atoms with Gasteiger partial charge in [0, 0.05) is 10.9 Å². The number of hydrogen-bond acceptors (Lipinski definition) is 6. The van der Waals surface area contributed by atoms with Crippen LogP contribution in [-0.2, 0) is 11.3 Å². The zero-order valence-electron chi connectivity index (χ0n) is 20.2. The van der Waals surface area contributed by atoms with Crippen molar-refractivity contribution in [1.29, 1.82) is 0 Å². The summed E-state index contributed by atoms with van der Waals surface area (Å²) >= 11 is 0. The van der Waals surface area contributed by atoms with Gasteiger partial charge in [-0.15, -0.1) is 10.2 Å². The number of carbonyl (C=O) groups is 1. The van der Waals surface area contributed by atoms with Crippen LogP contribution in [-0.4, -0.2) is 26.7 Å². The predicted molar refractivity (Wildman–Crippen MR) is 140 cm³/mol. The van der Waals surface area contributed by atoms with Crippen molar-refractivity contribution in [1.82, 2.24) is 20.6 Å². The van der Waals surface area contributed by atoms with Crippen molar-refractivity contribution in [3.63, 3.8) is 0 Å². The molecular formula is C29H19F2N5O3. The Balaban J connectivity index is 1.17. The zero-order valence-corrected chi connectivity index (χ0v) is 20.2. The number of nitrogens with zero attached hydrogens (tertiary/aromatic N) is 3. The van der Waals surface area contributed by atoms with E-state index in [0.29, 0.717) is 22.6 Å². The highest BCUT2D eigenvalue weighted by atomic mass is 19.1. The molecule has 2 aromatic heterocycles. The largest absolute Gasteiger partial charge is 0.457 e. The standard InChI is InChI=1S/C29H19F2N5O3/c30-22-7-1-17(2-8-22)19-6-12-27-21(13-19)14-24(39-27)16-38-29(37)32-26-11-5-20(18-3-9-23(31)10-4-18)15-25(26)28-33-35-36-34-28/h1-15H,16H2,(H,32,37)(H,33,34,35,36). The third kappa shape index (κ3) is 5.21. The minimum atomic E-state index is -0.707. The van der Waals surface area contributed by atoms with E-state index < -0.39 is 6.09 Å². The lowest BCUT2D eigenvalue weighted by Crippen LogP contribution is -2.14. The lowest BCUT2D eigenvalue weighted by atomic mass is 10.0. The molecule has 6 aromatic rings. The summed E-state index contributed by atoms with van der Waals surface area (Å²) in [4.78, 5) is 12.7. The first-order valence-corrected chi connectivity index (χ1v) is 11.9. The minimum absolute atomic E-state index is 0.0996. The maximum Gasteiger partial charge on any atom is 0.412 e. The van der Waals surface area contributed by atoms with Crippen LogP contribution in [0.3, 0.4) is 0 Å². The molecule has 192 valence electrons. The Kier molecular flexibility index (Phi) is 6.26. The predicted octanol–water partition coefficient (Wildman–Crippen LogP) is 6.97. The van der Waals surface area contributed by atoms with Crippen LogP contribution in [0.5, 0.6) is 0 Å². The average molecular weight is 523 g/mol. The Hall–Kier alpha value is -5.38. The molecule has 8 nitrogen and oxygen atoms in total. The molecule has 10 heteroatoms. The van der Waals surface area contributed by atoms with Gasteiger partial charge in [-0.1, -0.05) is 36.4 Å². The highest BCUT2D eigenvalue weighted by molar-refractivity contribution is 5.92. The van der Waals surface area contributed by atoms with E-state index in [1.54, 1.807) is 48.5 Å². The molecule has 0 fully saturated rings. The van der Waals surface area contributed by atoms with Gasteiger partial charge in [-0.3, -0.25) is 5.32 Å². The third-order valence-corrected chi connectivity index (χ3v) is 6.11. The van der Waals surface area contributed by atoms with E-state index in [2.05, 4.69) is 25.9 Å². The summed E-state index contributed by atoms with van der Waals surface area (Å²) in [7, 11) is 0. The zero-order chi connectivity index (χ0) is 26.8. The fraction of sp³-hybridized carbons (Fsp3) is 0.0345. The number of anilines is 1. The van der Waals surface area contributed by atoms with Crippen LogP contribution in [0.2, 0.25) is 0 Å². The summed E-state index contributed by atoms with van der Waals surface area (Å²) in [6.45, 7) is -0.0996. The van der Waals surface area contributed by atoms with Crippen LogP contribution >= 0.6 is 0 Å². The summed E-state index contributed by atoms with van der Waals surface area (Å²) in [6.07, 6.45) is -0.707. The number of H-pyrrole nitrogens is 1. The summed E-state index contributed by atoms with van der Waals surface area (Å²) in [5.74, 6) is 0.0926. The van der Waals surface area contributed by atoms with Crippen LogP contribution in [0.1, 0.15) is 5.76 Å². The van der Waals surface area contributed by atoms with Gasteiger partial charge in [-0.2, -0.15) is 5.21 Å². The first kappa shape index (κ1) is 24.0. The van der Waals surface area contributed by atoms with E-state index in [-0.39, 0.29) is 24.1 Å². The number of aromatic nitrogens is 4. The molecule has 4 aromatic carbocycles. The van der Waals surface area contributed by atoms with Crippen molar-refractivity contribution in [2.24, 2.45) is 0 Å². The second-order valence-corrected chi connectivity index (χ2v) is 8.68. The molecule has 0 aliphatic carbocycles. The molecule has 0 radical (unpaired) electrons. The number of tetrazole rings is 1. The van der Waals surface area contributed by atoms with Crippen molar-refractivity contribution in [3.05, 3.63) is 108 Å². The molecule has 2 N–H and O–H groups in total. The van der Waals surface area contributed by atoms with Gasteiger partial charge in [0.05, 0.1) is 5.69 Å². The molecule has 2 heterocycles. The van der Waals surface area contributed by atoms with Crippen LogP contribution in [0.25, 0.3) is 44.6 Å². The molecule has 1 amide bonds. The van der Waals surface area contributed by atoms with Gasteiger partial charge in [-0.05, 0) is 82.1 Å². The fourth-order valence-electron chi connectivity index (χ4n) is 4.21. The van der Waals surface area contributed by atoms with Crippen molar-refractivity contribution < 1.29 is 22.7 Å². The van der Waals surface area contributed by atoms with E-state index in [4.69, 9.17) is 9.15 Å². The number of fused-ring (bicyclic) bond motifs is 1. The SMILES string of the molecule is O=C(Nc1ccc(-c2ccc(F)cc2)cc1-c1nn[nH]n1)OCc1cc2cc(-c3ccc(F)cc3)ccc2o1. The van der Waals surface area contributed by atoms with Crippen LogP contribution in [0, 0.1) is 11.6 Å². The van der Waals surface area contributed by atoms with Gasteiger partial charge in [0.1, 0.15) is 23.0 Å². The van der Waals surface area contributed by atoms with E-state index in [1.807, 2.05) is 18.2 Å². The number of hydrogen-bond donors (Lipinski definition) is 2. The van der Waals surface area contributed by atoms with Crippen molar-refractivity contribution >= 4 is 22.7 Å². The number of halogens is 2. The smallest absolute Gasteiger partial charge is 0.412 e. The molecule has 0 bridgehead atoms. The summed E-state index contributed by atoms with van der Waals surface area (Å²) < 4.78 is 37.8. The summed E-state index contributed by atoms with van der Waals surface area (Å²) in [5.41, 5.74) is 4.88. The third-order valence-electron chi connectivity index (χ3n) is 6.11. The van der Waals surface area contributed by atoms with Crippen LogP contribution < -0.4 is 5.32 Å². The van der Waals surface area contributed by atoms with Crippen molar-refractivity contribution in [2.45, 2.75) is 6.61 Å². The topological polar surface area (TPSA) is 106 Å². The second-order valence-electron chi connectivity index (χ2n) is 8.68. The average Bonchev–Trinajstić information content (AvgIpc) is 3.63. The Labute approximate surface area is 220 Å². The highest BCUT2D eigenvalue weighted by Gasteiger charge is 2.16. The number of rotatable bonds is 6. The maximum atomic E-state index is 13.4. The number of benzene rings is 4. The first-order valence-electron chi connectivity index (χ1n) is 11.9. The normalized spacial score (nSPS) is 11.0. The number of ether oxygens (including phenoxy) is 1. The maximum absolute atomic E-state index is 13.4. The van der Waals surface area contributed by atoms with E-state index in [9.17, 15) is 13.6 Å². The molecule has 0 spiro atoms. The van der Waals surface area contributed by atoms with Gasteiger partial charge in [0.25, 0.3) is 0 Å². The monoisotopic (exact) mass is 523 g/mol. The summed E-state index contributed by atoms with van der Waals surface area (Å²) in [5, 5.41) is 17.6. The fourth-order valence-corrected chi connectivity index (χ4v) is 4.21. The number of amides is 1. The first-order chi connectivity index (χ1) is 19.0. The Morgan fingerprint density at radius 1 is 0.821 bits per heavy atom. The lowest BCUT2D eigenvalue weighted by Gasteiger charge is -2.11. The molecule has 0 atom stereocenters. The number of carbonyl (C=O) groups excluding carboxylic acids is 1. The number of aromatic amines is 1. The van der Waals surface area contributed by atoms with Gasteiger partial charge < -0.3 is 9.15 Å². The van der Waals surface area contributed by atoms with Crippen molar-refractivity contribution in [2.75, 3.05) is 5.32 Å². The van der Waals surface area contributed by atoms with Gasteiger partial charge in [0.15, 0.2) is 6.61 Å².